The summed E-state index contributed by atoms with van der Waals surface area (Å²) in [6.45, 7) is 3.99. The number of carbonyl (C=O) groups excluding carboxylic acids is 1. The third kappa shape index (κ3) is 5.19. The fourth-order valence-corrected chi connectivity index (χ4v) is 3.35. The van der Waals surface area contributed by atoms with Crippen molar-refractivity contribution in [3.8, 4) is 11.5 Å². The zero-order valence-electron chi connectivity index (χ0n) is 17.1. The molecule has 1 amide bonds. The highest BCUT2D eigenvalue weighted by molar-refractivity contribution is 5.92. The smallest absolute Gasteiger partial charge is 0.265 e. The van der Waals surface area contributed by atoms with E-state index >= 15 is 0 Å². The lowest BCUT2D eigenvalue weighted by atomic mass is 10.1. The Bertz CT molecular complexity index is 876. The summed E-state index contributed by atoms with van der Waals surface area (Å²) < 4.78 is 10.6. The molecular weight excluding hydrogens is 370 g/mol. The zero-order valence-corrected chi connectivity index (χ0v) is 17.1. The van der Waals surface area contributed by atoms with Crippen molar-refractivity contribution < 1.29 is 19.1 Å². The number of carbonyl (C=O) groups is 1. The van der Waals surface area contributed by atoms with E-state index in [4.69, 9.17) is 14.3 Å². The van der Waals surface area contributed by atoms with E-state index in [0.717, 1.165) is 24.3 Å². The minimum absolute atomic E-state index is 0.184. The van der Waals surface area contributed by atoms with E-state index in [1.807, 2.05) is 31.2 Å². The Morgan fingerprint density at radius 1 is 1.17 bits per heavy atom. The third-order valence-corrected chi connectivity index (χ3v) is 4.85. The summed E-state index contributed by atoms with van der Waals surface area (Å²) in [5.41, 5.74) is 3.69. The summed E-state index contributed by atoms with van der Waals surface area (Å²) in [6, 6.07) is 11.5. The number of nitrogens with zero attached hydrogens (tertiary/aromatic N) is 2. The molecule has 0 bridgehead atoms. The van der Waals surface area contributed by atoms with Gasteiger partial charge in [0.05, 0.1) is 20.4 Å². The van der Waals surface area contributed by atoms with E-state index in [1.165, 1.54) is 24.7 Å². The van der Waals surface area contributed by atoms with Crippen molar-refractivity contribution in [2.24, 2.45) is 5.16 Å². The van der Waals surface area contributed by atoms with Gasteiger partial charge in [-0.1, -0.05) is 11.2 Å². The Morgan fingerprint density at radius 2 is 1.97 bits per heavy atom. The van der Waals surface area contributed by atoms with E-state index < -0.39 is 0 Å². The largest absolute Gasteiger partial charge is 0.493 e. The number of benzene rings is 2. The van der Waals surface area contributed by atoms with Crippen molar-refractivity contribution in [1.82, 2.24) is 0 Å². The Kier molecular flexibility index (Phi) is 6.94. The second-order valence-electron chi connectivity index (χ2n) is 6.83. The van der Waals surface area contributed by atoms with Gasteiger partial charge < -0.3 is 24.5 Å². The lowest BCUT2D eigenvalue weighted by Gasteiger charge is -2.19. The molecule has 0 unspecified atom stereocenters. The summed E-state index contributed by atoms with van der Waals surface area (Å²) in [7, 11) is 3.13. The van der Waals surface area contributed by atoms with Crippen LogP contribution in [0.25, 0.3) is 0 Å². The van der Waals surface area contributed by atoms with Gasteiger partial charge in [0.2, 0.25) is 0 Å². The van der Waals surface area contributed by atoms with Gasteiger partial charge >= 0.3 is 0 Å². The second-order valence-corrected chi connectivity index (χ2v) is 6.83. The Hall–Kier alpha value is -3.22. The van der Waals surface area contributed by atoms with Crippen LogP contribution >= 0.6 is 0 Å². The molecule has 1 aliphatic heterocycles. The molecule has 2 aromatic carbocycles. The monoisotopic (exact) mass is 397 g/mol. The second kappa shape index (κ2) is 9.82. The van der Waals surface area contributed by atoms with E-state index in [0.29, 0.717) is 17.1 Å². The molecule has 0 atom stereocenters. The third-order valence-electron chi connectivity index (χ3n) is 4.85. The molecule has 2 aromatic rings. The molecule has 1 saturated heterocycles. The Morgan fingerprint density at radius 3 is 2.66 bits per heavy atom. The Balaban J connectivity index is 1.53. The van der Waals surface area contributed by atoms with Gasteiger partial charge in [-0.15, -0.1) is 0 Å². The normalized spacial score (nSPS) is 13.6. The lowest BCUT2D eigenvalue weighted by molar-refractivity contribution is -0.120. The van der Waals surface area contributed by atoms with Crippen LogP contribution in [0.3, 0.4) is 0 Å². The molecule has 1 N–H and O–H groups in total. The maximum atomic E-state index is 12.2. The first-order valence-corrected chi connectivity index (χ1v) is 9.64. The molecular formula is C22H27N3O4. The van der Waals surface area contributed by atoms with Gasteiger partial charge in [-0.25, -0.2) is 0 Å². The number of para-hydroxylation sites is 1. The molecule has 0 aliphatic carbocycles. The number of anilines is 2. The fraction of sp³-hybridized carbons (Fsp3) is 0.364. The predicted octanol–water partition coefficient (Wildman–Crippen LogP) is 3.60. The summed E-state index contributed by atoms with van der Waals surface area (Å²) in [6.07, 6.45) is 3.96. The van der Waals surface area contributed by atoms with Crippen LogP contribution in [-0.2, 0) is 9.63 Å². The van der Waals surface area contributed by atoms with Crippen LogP contribution in [0.15, 0.2) is 41.6 Å². The van der Waals surface area contributed by atoms with Crippen LogP contribution in [0, 0.1) is 6.92 Å². The van der Waals surface area contributed by atoms with Crippen LogP contribution in [-0.4, -0.2) is 46.0 Å². The molecule has 3 rings (SSSR count). The SMILES string of the molecule is COc1cccc(C=NOCC(=O)Nc2ccc(N3CCCC3)cc2C)c1OC. The van der Waals surface area contributed by atoms with E-state index in [9.17, 15) is 4.79 Å². The molecule has 29 heavy (non-hydrogen) atoms. The average Bonchev–Trinajstić information content (AvgIpc) is 3.27. The highest BCUT2D eigenvalue weighted by atomic mass is 16.6. The number of amides is 1. The van der Waals surface area contributed by atoms with Crippen LogP contribution in [0.5, 0.6) is 11.5 Å². The van der Waals surface area contributed by atoms with Crippen LogP contribution in [0.1, 0.15) is 24.0 Å². The number of methoxy groups -OCH3 is 2. The number of ether oxygens (including phenoxy) is 2. The average molecular weight is 397 g/mol. The predicted molar refractivity (Wildman–Crippen MR) is 114 cm³/mol. The van der Waals surface area contributed by atoms with Gasteiger partial charge in [-0.05, 0) is 55.7 Å². The quantitative estimate of drug-likeness (QED) is 0.544. The molecule has 0 spiro atoms. The fourth-order valence-electron chi connectivity index (χ4n) is 3.35. The van der Waals surface area contributed by atoms with E-state index in [2.05, 4.69) is 21.4 Å². The summed E-state index contributed by atoms with van der Waals surface area (Å²) in [5.74, 6) is 0.888. The maximum Gasteiger partial charge on any atom is 0.265 e. The highest BCUT2D eigenvalue weighted by Gasteiger charge is 2.14. The first-order chi connectivity index (χ1) is 14.1. The molecule has 7 heteroatoms. The first-order valence-electron chi connectivity index (χ1n) is 9.64. The molecule has 0 radical (unpaired) electrons. The van der Waals surface area contributed by atoms with Crippen LogP contribution in [0.4, 0.5) is 11.4 Å². The van der Waals surface area contributed by atoms with Crippen molar-refractivity contribution in [3.05, 3.63) is 47.5 Å². The molecule has 7 nitrogen and oxygen atoms in total. The molecule has 0 aromatic heterocycles. The first kappa shape index (κ1) is 20.5. The maximum absolute atomic E-state index is 12.2. The minimum atomic E-state index is -0.267. The minimum Gasteiger partial charge on any atom is -0.493 e. The Labute approximate surface area is 171 Å². The number of oxime groups is 1. The zero-order chi connectivity index (χ0) is 20.6. The number of nitrogens with one attached hydrogen (secondary N) is 1. The molecule has 0 saturated carbocycles. The van der Waals surface area contributed by atoms with Crippen molar-refractivity contribution >= 4 is 23.5 Å². The molecule has 154 valence electrons. The van der Waals surface area contributed by atoms with Crippen LogP contribution in [0.2, 0.25) is 0 Å². The van der Waals surface area contributed by atoms with Crippen molar-refractivity contribution in [1.29, 1.82) is 0 Å². The van der Waals surface area contributed by atoms with Gasteiger partial charge in [0, 0.05) is 30.0 Å². The van der Waals surface area contributed by atoms with Crippen molar-refractivity contribution in [2.75, 3.05) is 44.1 Å². The van der Waals surface area contributed by atoms with Gasteiger partial charge in [-0.2, -0.15) is 0 Å². The number of hydrogen-bond donors (Lipinski definition) is 1. The standard InChI is InChI=1S/C22H27N3O4/c1-16-13-18(25-11-4-5-12-25)9-10-19(16)24-21(26)15-29-23-14-17-7-6-8-20(27-2)22(17)28-3/h6-10,13-14H,4-5,11-12,15H2,1-3H3,(H,24,26). The van der Waals surface area contributed by atoms with Crippen molar-refractivity contribution in [3.63, 3.8) is 0 Å². The van der Waals surface area contributed by atoms with Crippen LogP contribution < -0.4 is 19.7 Å². The summed E-state index contributed by atoms with van der Waals surface area (Å²) in [5, 5.41) is 6.73. The highest BCUT2D eigenvalue weighted by Crippen LogP contribution is 2.29. The summed E-state index contributed by atoms with van der Waals surface area (Å²) >= 11 is 0. The van der Waals surface area contributed by atoms with Crippen molar-refractivity contribution in [2.45, 2.75) is 19.8 Å². The van der Waals surface area contributed by atoms with Gasteiger partial charge in [0.1, 0.15) is 0 Å². The lowest BCUT2D eigenvalue weighted by Crippen LogP contribution is -2.19. The number of aryl methyl sites for hydroxylation is 1. The number of rotatable bonds is 8. The number of hydrogen-bond acceptors (Lipinski definition) is 6. The van der Waals surface area contributed by atoms with Gasteiger partial charge in [0.25, 0.3) is 5.91 Å². The molecule has 1 heterocycles. The molecule has 1 aliphatic rings. The van der Waals surface area contributed by atoms with E-state index in [-0.39, 0.29) is 12.5 Å². The van der Waals surface area contributed by atoms with Gasteiger partial charge in [-0.3, -0.25) is 4.79 Å². The van der Waals surface area contributed by atoms with Gasteiger partial charge in [0.15, 0.2) is 18.1 Å². The topological polar surface area (TPSA) is 72.4 Å². The molecule has 1 fully saturated rings. The van der Waals surface area contributed by atoms with E-state index in [1.54, 1.807) is 20.3 Å². The summed E-state index contributed by atoms with van der Waals surface area (Å²) in [4.78, 5) is 19.7.